The predicted octanol–water partition coefficient (Wildman–Crippen LogP) is 16.1. The minimum absolute atomic E-state index is 0.0795. The molecule has 0 saturated heterocycles. The van der Waals surface area contributed by atoms with E-state index in [1.165, 1.54) is 67.0 Å². The Morgan fingerprint density at radius 3 is 1.99 bits per heavy atom. The number of para-hydroxylation sites is 2. The molecule has 0 bridgehead atoms. The first-order valence-electron chi connectivity index (χ1n) is 24.3. The third-order valence-electron chi connectivity index (χ3n) is 15.0. The fourth-order valence-corrected chi connectivity index (χ4v) is 11.7. The summed E-state index contributed by atoms with van der Waals surface area (Å²) < 4.78 is 6.76. The molecule has 0 amide bonds. The predicted molar refractivity (Wildman–Crippen MR) is 285 cm³/mol. The molecular formula is C66H50N2O. The van der Waals surface area contributed by atoms with Crippen LogP contribution < -0.4 is 9.64 Å². The normalized spacial score (nSPS) is 20.8. The van der Waals surface area contributed by atoms with Crippen molar-refractivity contribution in [2.45, 2.75) is 43.4 Å². The second kappa shape index (κ2) is 17.1. The number of aliphatic imine (C=N–C) groups is 1. The van der Waals surface area contributed by atoms with E-state index in [0.29, 0.717) is 0 Å². The summed E-state index contributed by atoms with van der Waals surface area (Å²) in [5.74, 6) is 1.30. The standard InChI is InChI=1S/C66H50N2O/c1-43-61(39-38-60(47-19-7-3-8-20-47)67-64(43)51-25-15-24-50(41-51)44-17-5-2-6-18-44)68-62-30-14-13-28-56(62)57-37-36-55-53-26-11-12-27-54(53)58(42-59(55)65(57)68)46-33-31-45(32-34-46)52-29-16-23-49-35-40-63(69-66(49)52)48-21-9-4-10-22-48/h2-41,57-58,60,63,65H,42H2,1H3. The van der Waals surface area contributed by atoms with Crippen LogP contribution in [-0.4, -0.2) is 11.8 Å². The molecule has 8 aromatic carbocycles. The van der Waals surface area contributed by atoms with Gasteiger partial charge in [-0.1, -0.05) is 218 Å². The summed E-state index contributed by atoms with van der Waals surface area (Å²) in [7, 11) is 0. The van der Waals surface area contributed by atoms with Gasteiger partial charge in [0.05, 0.1) is 17.8 Å². The fraction of sp³-hybridized carbons (Fsp3) is 0.106. The first-order valence-corrected chi connectivity index (χ1v) is 24.3. The van der Waals surface area contributed by atoms with Crippen molar-refractivity contribution in [3.8, 4) is 28.0 Å². The van der Waals surface area contributed by atoms with Gasteiger partial charge in [-0.2, -0.15) is 0 Å². The molecule has 3 aliphatic heterocycles. The third-order valence-corrected chi connectivity index (χ3v) is 15.0. The number of hydrogen-bond donors (Lipinski definition) is 0. The van der Waals surface area contributed by atoms with Crippen molar-refractivity contribution in [1.82, 2.24) is 0 Å². The van der Waals surface area contributed by atoms with Gasteiger partial charge in [0.2, 0.25) is 0 Å². The summed E-state index contributed by atoms with van der Waals surface area (Å²) in [6.45, 7) is 2.29. The summed E-state index contributed by atoms with van der Waals surface area (Å²) in [5, 5.41) is 0. The molecule has 0 saturated carbocycles. The van der Waals surface area contributed by atoms with Gasteiger partial charge in [-0.3, -0.25) is 4.99 Å². The molecule has 0 aromatic heterocycles. The molecule has 0 fully saturated rings. The van der Waals surface area contributed by atoms with Crippen molar-refractivity contribution in [2.75, 3.05) is 4.90 Å². The van der Waals surface area contributed by atoms with Gasteiger partial charge in [0, 0.05) is 39.9 Å². The minimum Gasteiger partial charge on any atom is -0.480 e. The Kier molecular flexibility index (Phi) is 10.2. The molecule has 13 rings (SSSR count). The molecule has 0 N–H and O–H groups in total. The van der Waals surface area contributed by atoms with Crippen molar-refractivity contribution in [3.63, 3.8) is 0 Å². The second-order valence-corrected chi connectivity index (χ2v) is 18.8. The number of hydrogen-bond acceptors (Lipinski definition) is 3. The van der Waals surface area contributed by atoms with Gasteiger partial charge >= 0.3 is 0 Å². The zero-order valence-corrected chi connectivity index (χ0v) is 38.5. The first kappa shape index (κ1) is 41.0. The zero-order chi connectivity index (χ0) is 45.8. The van der Waals surface area contributed by atoms with E-state index < -0.39 is 0 Å². The molecule has 3 heteroatoms. The van der Waals surface area contributed by atoms with Crippen LogP contribution in [0.1, 0.15) is 81.8 Å². The minimum atomic E-state index is -0.146. The van der Waals surface area contributed by atoms with Crippen LogP contribution in [0.5, 0.6) is 5.75 Å². The van der Waals surface area contributed by atoms with Gasteiger partial charge in [0.15, 0.2) is 0 Å². The Bertz CT molecular complexity index is 3470. The average Bonchev–Trinajstić information content (AvgIpc) is 3.66. The highest BCUT2D eigenvalue weighted by atomic mass is 16.5. The molecule has 5 atom stereocenters. The number of allylic oxidation sites excluding steroid dienone is 4. The molecule has 0 spiro atoms. The van der Waals surface area contributed by atoms with Crippen LogP contribution in [0.25, 0.3) is 33.9 Å². The summed E-state index contributed by atoms with van der Waals surface area (Å²) in [6, 6.07) is 74.8. The maximum Gasteiger partial charge on any atom is 0.142 e. The maximum atomic E-state index is 6.76. The number of rotatable bonds is 7. The van der Waals surface area contributed by atoms with Gasteiger partial charge in [-0.05, 0) is 104 Å². The number of fused-ring (bicyclic) bond motifs is 7. The maximum absolute atomic E-state index is 6.76. The molecule has 69 heavy (non-hydrogen) atoms. The first-order chi connectivity index (χ1) is 34.1. The molecule has 5 unspecified atom stereocenters. The van der Waals surface area contributed by atoms with Crippen molar-refractivity contribution in [1.29, 1.82) is 0 Å². The van der Waals surface area contributed by atoms with Crippen LogP contribution in [0.2, 0.25) is 0 Å². The van der Waals surface area contributed by atoms with Crippen molar-refractivity contribution in [3.05, 3.63) is 298 Å². The van der Waals surface area contributed by atoms with Crippen LogP contribution in [0.15, 0.2) is 258 Å². The van der Waals surface area contributed by atoms with Crippen molar-refractivity contribution < 1.29 is 4.74 Å². The van der Waals surface area contributed by atoms with E-state index in [2.05, 4.69) is 255 Å². The van der Waals surface area contributed by atoms with E-state index in [1.807, 2.05) is 0 Å². The largest absolute Gasteiger partial charge is 0.480 e. The van der Waals surface area contributed by atoms with Gasteiger partial charge in [0.1, 0.15) is 11.9 Å². The highest BCUT2D eigenvalue weighted by Gasteiger charge is 2.46. The van der Waals surface area contributed by atoms with Crippen LogP contribution in [-0.2, 0) is 0 Å². The van der Waals surface area contributed by atoms with Crippen LogP contribution in [0.3, 0.4) is 0 Å². The molecular weight excluding hydrogens is 837 g/mol. The Balaban J connectivity index is 0.904. The van der Waals surface area contributed by atoms with Crippen LogP contribution >= 0.6 is 0 Å². The second-order valence-electron chi connectivity index (χ2n) is 18.8. The molecule has 3 nitrogen and oxygen atoms in total. The smallest absolute Gasteiger partial charge is 0.142 e. The number of anilines is 1. The lowest BCUT2D eigenvalue weighted by atomic mass is 9.69. The highest BCUT2D eigenvalue weighted by molar-refractivity contribution is 6.14. The average molecular weight is 887 g/mol. The van der Waals surface area contributed by atoms with Gasteiger partial charge < -0.3 is 9.64 Å². The SMILES string of the molecule is CC1=C(N2c3ccccc3C3C=CC4=C(CC(c5ccc(-c6cccc7c6OC(c6ccccc6)C=C7)cc5)c5ccccc54)C32)C=CC(c2ccccc2)N=C1c1cccc(-c2ccccc2)c1. The van der Waals surface area contributed by atoms with E-state index in [4.69, 9.17) is 9.73 Å². The van der Waals surface area contributed by atoms with Crippen LogP contribution in [0, 0.1) is 0 Å². The van der Waals surface area contributed by atoms with Crippen LogP contribution in [0.4, 0.5) is 5.69 Å². The number of benzene rings is 8. The number of nitrogens with zero attached hydrogens (tertiary/aromatic N) is 2. The van der Waals surface area contributed by atoms with Crippen molar-refractivity contribution in [2.24, 2.45) is 4.99 Å². The topological polar surface area (TPSA) is 24.8 Å². The quantitative estimate of drug-likeness (QED) is 0.159. The van der Waals surface area contributed by atoms with E-state index in [1.54, 1.807) is 0 Å². The third kappa shape index (κ3) is 7.16. The molecule has 3 heterocycles. The zero-order valence-electron chi connectivity index (χ0n) is 38.5. The highest BCUT2D eigenvalue weighted by Crippen LogP contribution is 2.56. The lowest BCUT2D eigenvalue weighted by molar-refractivity contribution is 0.253. The number of ether oxygens (including phenoxy) is 1. The van der Waals surface area contributed by atoms with E-state index >= 15 is 0 Å². The Morgan fingerprint density at radius 1 is 0.507 bits per heavy atom. The molecule has 8 aromatic rings. The van der Waals surface area contributed by atoms with E-state index in [0.717, 1.165) is 45.7 Å². The van der Waals surface area contributed by atoms with Gasteiger partial charge in [-0.15, -0.1) is 0 Å². The van der Waals surface area contributed by atoms with E-state index in [9.17, 15) is 0 Å². The van der Waals surface area contributed by atoms with Crippen molar-refractivity contribution >= 4 is 23.0 Å². The molecule has 0 radical (unpaired) electrons. The molecule has 5 aliphatic rings. The summed E-state index contributed by atoms with van der Waals surface area (Å²) in [4.78, 5) is 8.33. The summed E-state index contributed by atoms with van der Waals surface area (Å²) >= 11 is 0. The lowest BCUT2D eigenvalue weighted by Gasteiger charge is -2.40. The monoisotopic (exact) mass is 886 g/mol. The fourth-order valence-electron chi connectivity index (χ4n) is 11.7. The van der Waals surface area contributed by atoms with Gasteiger partial charge in [0.25, 0.3) is 0 Å². The summed E-state index contributed by atoms with van der Waals surface area (Å²) in [5.41, 5.74) is 22.1. The molecule has 2 aliphatic carbocycles. The Morgan fingerprint density at radius 2 is 1.17 bits per heavy atom. The lowest BCUT2D eigenvalue weighted by Crippen LogP contribution is -2.38. The Labute approximate surface area is 405 Å². The van der Waals surface area contributed by atoms with E-state index in [-0.39, 0.29) is 30.0 Å². The Hall–Kier alpha value is -8.27. The molecule has 330 valence electrons. The summed E-state index contributed by atoms with van der Waals surface area (Å²) in [6.07, 6.45) is 14.8. The van der Waals surface area contributed by atoms with Gasteiger partial charge in [-0.25, -0.2) is 0 Å².